The molecular weight excluding hydrogens is 409 g/mol. The largest absolute Gasteiger partial charge is 0.394 e. The van der Waals surface area contributed by atoms with Crippen molar-refractivity contribution in [3.05, 3.63) is 40.5 Å². The number of halogens is 1. The normalized spacial score (nSPS) is 11.0. The molecule has 0 unspecified atom stereocenters. The van der Waals surface area contributed by atoms with Crippen molar-refractivity contribution in [3.8, 4) is 5.95 Å². The highest BCUT2D eigenvalue weighted by molar-refractivity contribution is 14.1. The molecule has 120 valence electrons. The Hall–Kier alpha value is -1.78. The molecule has 2 aromatic heterocycles. The minimum Gasteiger partial charge on any atom is -0.394 e. The molecule has 0 aliphatic carbocycles. The summed E-state index contributed by atoms with van der Waals surface area (Å²) in [6.45, 7) is 1.46. The van der Waals surface area contributed by atoms with Crippen LogP contribution in [0.4, 0.5) is 5.82 Å². The first-order valence-corrected chi connectivity index (χ1v) is 8.24. The van der Waals surface area contributed by atoms with Crippen molar-refractivity contribution in [2.45, 2.75) is 0 Å². The van der Waals surface area contributed by atoms with Crippen LogP contribution in [0.15, 0.2) is 36.9 Å². The van der Waals surface area contributed by atoms with Gasteiger partial charge in [0.2, 0.25) is 5.95 Å². The van der Waals surface area contributed by atoms with Crippen LogP contribution in [-0.4, -0.2) is 51.0 Å². The Morgan fingerprint density at radius 2 is 2.17 bits per heavy atom. The monoisotopic (exact) mass is 425 g/mol. The summed E-state index contributed by atoms with van der Waals surface area (Å²) >= 11 is 2.27. The molecule has 2 N–H and O–H groups in total. The first kappa shape index (κ1) is 16.1. The van der Waals surface area contributed by atoms with Crippen molar-refractivity contribution in [1.29, 1.82) is 0 Å². The molecule has 2 heterocycles. The quantitative estimate of drug-likeness (QED) is 0.444. The highest BCUT2D eigenvalue weighted by Gasteiger charge is 2.09. The third kappa shape index (κ3) is 3.95. The van der Waals surface area contributed by atoms with E-state index in [-0.39, 0.29) is 6.61 Å². The Kier molecular flexibility index (Phi) is 5.36. The summed E-state index contributed by atoms with van der Waals surface area (Å²) in [5.41, 5.74) is 0.864. The SMILES string of the molecule is OCCOCCNc1nc(-n2ccnc2)nc2ccc(I)cc12. The van der Waals surface area contributed by atoms with Crippen LogP contribution in [0.1, 0.15) is 0 Å². The van der Waals surface area contributed by atoms with Gasteiger partial charge in [-0.3, -0.25) is 4.57 Å². The van der Waals surface area contributed by atoms with Crippen molar-refractivity contribution >= 4 is 39.3 Å². The molecule has 0 saturated carbocycles. The zero-order valence-corrected chi connectivity index (χ0v) is 14.5. The number of rotatable bonds is 7. The van der Waals surface area contributed by atoms with E-state index in [4.69, 9.17) is 9.84 Å². The zero-order valence-electron chi connectivity index (χ0n) is 12.3. The maximum atomic E-state index is 8.72. The number of hydrogen-bond acceptors (Lipinski definition) is 6. The van der Waals surface area contributed by atoms with E-state index in [0.717, 1.165) is 20.3 Å². The topological polar surface area (TPSA) is 85.1 Å². The van der Waals surface area contributed by atoms with Gasteiger partial charge >= 0.3 is 0 Å². The lowest BCUT2D eigenvalue weighted by molar-refractivity contribution is 0.0992. The van der Waals surface area contributed by atoms with Crippen LogP contribution in [0.5, 0.6) is 0 Å². The van der Waals surface area contributed by atoms with Crippen LogP contribution in [0.25, 0.3) is 16.9 Å². The number of aromatic nitrogens is 4. The highest BCUT2D eigenvalue weighted by Crippen LogP contribution is 2.23. The predicted octanol–water partition coefficient (Wildman–Crippen LogP) is 1.84. The Morgan fingerprint density at radius 3 is 2.96 bits per heavy atom. The molecule has 0 aliphatic rings. The van der Waals surface area contributed by atoms with E-state index in [1.165, 1.54) is 0 Å². The van der Waals surface area contributed by atoms with Gasteiger partial charge in [-0.05, 0) is 40.8 Å². The maximum absolute atomic E-state index is 8.72. The minimum atomic E-state index is 0.0272. The van der Waals surface area contributed by atoms with Gasteiger partial charge in [-0.15, -0.1) is 0 Å². The predicted molar refractivity (Wildman–Crippen MR) is 95.8 cm³/mol. The number of nitrogens with zero attached hydrogens (tertiary/aromatic N) is 4. The number of benzene rings is 1. The van der Waals surface area contributed by atoms with Crippen molar-refractivity contribution < 1.29 is 9.84 Å². The first-order chi connectivity index (χ1) is 11.3. The molecule has 0 spiro atoms. The number of nitrogens with one attached hydrogen (secondary N) is 1. The van der Waals surface area contributed by atoms with E-state index in [9.17, 15) is 0 Å². The molecule has 0 fully saturated rings. The number of aliphatic hydroxyl groups is 1. The minimum absolute atomic E-state index is 0.0272. The Labute approximate surface area is 146 Å². The Bertz CT molecular complexity index is 779. The molecule has 0 atom stereocenters. The standard InChI is InChI=1S/C15H16IN5O2/c16-11-1-2-13-12(9-11)14(18-4-7-23-8-6-22)20-15(19-13)21-5-3-17-10-21/h1-3,5,9-10,22H,4,6-8H2,(H,18,19,20). The second-order valence-corrected chi connectivity index (χ2v) is 6.01. The molecule has 0 aliphatic heterocycles. The second kappa shape index (κ2) is 7.66. The van der Waals surface area contributed by atoms with Crippen molar-refractivity contribution in [1.82, 2.24) is 19.5 Å². The fourth-order valence-electron chi connectivity index (χ4n) is 2.12. The molecule has 0 saturated heterocycles. The molecule has 1 aromatic carbocycles. The average molecular weight is 425 g/mol. The first-order valence-electron chi connectivity index (χ1n) is 7.16. The number of imidazole rings is 1. The van der Waals surface area contributed by atoms with Gasteiger partial charge in [0.1, 0.15) is 12.1 Å². The zero-order chi connectivity index (χ0) is 16.1. The van der Waals surface area contributed by atoms with E-state index in [0.29, 0.717) is 25.7 Å². The molecule has 8 heteroatoms. The van der Waals surface area contributed by atoms with E-state index in [1.807, 2.05) is 24.4 Å². The number of anilines is 1. The van der Waals surface area contributed by atoms with Gasteiger partial charge in [-0.1, -0.05) is 0 Å². The number of fused-ring (bicyclic) bond motifs is 1. The van der Waals surface area contributed by atoms with Gasteiger partial charge in [-0.2, -0.15) is 4.98 Å². The van der Waals surface area contributed by atoms with Gasteiger partial charge in [-0.25, -0.2) is 9.97 Å². The summed E-state index contributed by atoms with van der Waals surface area (Å²) in [5, 5.41) is 13.0. The van der Waals surface area contributed by atoms with Crippen LogP contribution in [0.2, 0.25) is 0 Å². The van der Waals surface area contributed by atoms with Crippen LogP contribution in [0, 0.1) is 3.57 Å². The lowest BCUT2D eigenvalue weighted by Gasteiger charge is -2.11. The summed E-state index contributed by atoms with van der Waals surface area (Å²) < 4.78 is 8.16. The van der Waals surface area contributed by atoms with Gasteiger partial charge in [0.05, 0.1) is 25.3 Å². The summed E-state index contributed by atoms with van der Waals surface area (Å²) in [6, 6.07) is 6.04. The van der Waals surface area contributed by atoms with Gasteiger partial charge in [0.15, 0.2) is 0 Å². The molecule has 23 heavy (non-hydrogen) atoms. The fourth-order valence-corrected chi connectivity index (χ4v) is 2.62. The Balaban J connectivity index is 1.91. The number of aliphatic hydroxyl groups excluding tert-OH is 1. The van der Waals surface area contributed by atoms with Gasteiger partial charge in [0.25, 0.3) is 0 Å². The summed E-state index contributed by atoms with van der Waals surface area (Å²) in [6.07, 6.45) is 5.17. The number of ether oxygens (including phenoxy) is 1. The lowest BCUT2D eigenvalue weighted by Crippen LogP contribution is -2.13. The van der Waals surface area contributed by atoms with Crippen molar-refractivity contribution in [2.24, 2.45) is 0 Å². The van der Waals surface area contributed by atoms with Crippen LogP contribution in [-0.2, 0) is 4.74 Å². The molecule has 3 aromatic rings. The average Bonchev–Trinajstić information content (AvgIpc) is 3.09. The summed E-state index contributed by atoms with van der Waals surface area (Å²) in [7, 11) is 0. The van der Waals surface area contributed by atoms with Gasteiger partial charge < -0.3 is 15.2 Å². The van der Waals surface area contributed by atoms with Crippen molar-refractivity contribution in [3.63, 3.8) is 0 Å². The van der Waals surface area contributed by atoms with Crippen LogP contribution < -0.4 is 5.32 Å². The molecule has 0 radical (unpaired) electrons. The molecule has 7 nitrogen and oxygen atoms in total. The third-order valence-electron chi connectivity index (χ3n) is 3.16. The molecule has 0 bridgehead atoms. The van der Waals surface area contributed by atoms with Crippen molar-refractivity contribution in [2.75, 3.05) is 31.7 Å². The Morgan fingerprint density at radius 1 is 1.26 bits per heavy atom. The van der Waals surface area contributed by atoms with Crippen LogP contribution in [0.3, 0.4) is 0 Å². The lowest BCUT2D eigenvalue weighted by atomic mass is 10.2. The number of hydrogen-bond donors (Lipinski definition) is 2. The van der Waals surface area contributed by atoms with E-state index in [2.05, 4.69) is 42.9 Å². The molecular formula is C15H16IN5O2. The molecule has 3 rings (SSSR count). The highest BCUT2D eigenvalue weighted by atomic mass is 127. The summed E-state index contributed by atoms with van der Waals surface area (Å²) in [4.78, 5) is 13.2. The van der Waals surface area contributed by atoms with Gasteiger partial charge in [0, 0.05) is 27.9 Å². The molecule has 0 amide bonds. The van der Waals surface area contributed by atoms with E-state index >= 15 is 0 Å². The second-order valence-electron chi connectivity index (χ2n) is 4.77. The van der Waals surface area contributed by atoms with E-state index in [1.54, 1.807) is 17.1 Å². The maximum Gasteiger partial charge on any atom is 0.237 e. The van der Waals surface area contributed by atoms with Crippen LogP contribution >= 0.6 is 22.6 Å². The smallest absolute Gasteiger partial charge is 0.237 e. The summed E-state index contributed by atoms with van der Waals surface area (Å²) in [5.74, 6) is 1.32. The third-order valence-corrected chi connectivity index (χ3v) is 3.83. The fraction of sp³-hybridized carbons (Fsp3) is 0.267. The van der Waals surface area contributed by atoms with E-state index < -0.39 is 0 Å².